The number of nitrogens with one attached hydrogen (secondary N) is 1. The Kier molecular flexibility index (Phi) is 5.06. The van der Waals surface area contributed by atoms with Gasteiger partial charge in [0, 0.05) is 47.6 Å². The second-order valence-electron chi connectivity index (χ2n) is 9.59. The Morgan fingerprint density at radius 3 is 2.84 bits per heavy atom. The minimum Gasteiger partial charge on any atom is -0.383 e. The van der Waals surface area contributed by atoms with Gasteiger partial charge >= 0.3 is 0 Å². The highest BCUT2D eigenvalue weighted by Crippen LogP contribution is 2.41. The molecule has 0 bridgehead atoms. The Morgan fingerprint density at radius 1 is 1.26 bits per heavy atom. The number of ketones is 1. The molecule has 7 heteroatoms. The number of benzene rings is 1. The Bertz CT molecular complexity index is 1180. The molecule has 162 valence electrons. The molecule has 0 aliphatic heterocycles. The average Bonchev–Trinajstić information content (AvgIpc) is 3.47. The number of Topliss-reactive ketones (excluding diaryl/α,β-unsaturated/α-hetero) is 1. The molecule has 0 unspecified atom stereocenters. The normalized spacial score (nSPS) is 17.8. The predicted octanol–water partition coefficient (Wildman–Crippen LogP) is 4.31. The summed E-state index contributed by atoms with van der Waals surface area (Å²) in [5.74, 6) is 1.69. The van der Waals surface area contributed by atoms with Crippen molar-refractivity contribution in [3.05, 3.63) is 41.5 Å². The number of carbonyl (C=O) groups excluding carboxylic acids is 1. The van der Waals surface area contributed by atoms with Crippen LogP contribution in [-0.2, 0) is 6.42 Å². The van der Waals surface area contributed by atoms with Crippen LogP contribution in [0.5, 0.6) is 0 Å². The van der Waals surface area contributed by atoms with Gasteiger partial charge < -0.3 is 15.6 Å². The summed E-state index contributed by atoms with van der Waals surface area (Å²) in [6.07, 6.45) is 7.69. The first-order valence-corrected chi connectivity index (χ1v) is 12.0. The Hall–Kier alpha value is -2.38. The average molecular weight is 436 g/mol. The summed E-state index contributed by atoms with van der Waals surface area (Å²) in [7, 11) is 0. The highest BCUT2D eigenvalue weighted by atomic mass is 32.2. The molecule has 1 aromatic carbocycles. The van der Waals surface area contributed by atoms with E-state index >= 15 is 0 Å². The fraction of sp³-hybridized carbons (Fsp3) is 0.458. The Morgan fingerprint density at radius 2 is 2.06 bits per heavy atom. The van der Waals surface area contributed by atoms with Crippen molar-refractivity contribution >= 4 is 34.3 Å². The number of nitrogens with zero attached hydrogens (tertiary/aromatic N) is 3. The number of aromatic nitrogens is 3. The quantitative estimate of drug-likeness (QED) is 0.443. The summed E-state index contributed by atoms with van der Waals surface area (Å²) in [6.45, 7) is 7.35. The number of fused-ring (bicyclic) bond motifs is 2. The molecule has 2 heterocycles. The number of hydrogen-bond acceptors (Lipinski definition) is 6. The fourth-order valence-electron chi connectivity index (χ4n) is 4.64. The summed E-state index contributed by atoms with van der Waals surface area (Å²) >= 11 is 1.80. The largest absolute Gasteiger partial charge is 0.383 e. The number of hydrogen-bond donors (Lipinski definition) is 2. The molecule has 2 aliphatic rings. The summed E-state index contributed by atoms with van der Waals surface area (Å²) in [6, 6.07) is 4.80. The van der Waals surface area contributed by atoms with Crippen molar-refractivity contribution in [1.82, 2.24) is 19.9 Å². The van der Waals surface area contributed by atoms with Gasteiger partial charge in [-0.2, -0.15) is 0 Å². The smallest absolute Gasteiger partial charge is 0.165 e. The van der Waals surface area contributed by atoms with E-state index in [0.29, 0.717) is 18.3 Å². The van der Waals surface area contributed by atoms with Gasteiger partial charge in [0.15, 0.2) is 5.78 Å². The number of thioether (sulfide) groups is 1. The van der Waals surface area contributed by atoms with Crippen molar-refractivity contribution in [2.45, 2.75) is 57.4 Å². The van der Waals surface area contributed by atoms with Crippen molar-refractivity contribution in [2.75, 3.05) is 18.0 Å². The molecule has 5 rings (SSSR count). The van der Waals surface area contributed by atoms with Crippen molar-refractivity contribution in [2.24, 2.45) is 5.41 Å². The van der Waals surface area contributed by atoms with E-state index in [1.54, 1.807) is 11.8 Å². The number of nitrogen functional groups attached to an aromatic ring is 1. The van der Waals surface area contributed by atoms with Crippen molar-refractivity contribution < 1.29 is 4.79 Å². The fourth-order valence-corrected chi connectivity index (χ4v) is 5.68. The molecule has 3 N–H and O–H groups in total. The first kappa shape index (κ1) is 20.5. The monoisotopic (exact) mass is 435 g/mol. The third-order valence-corrected chi connectivity index (χ3v) is 7.35. The van der Waals surface area contributed by atoms with Crippen LogP contribution in [0.25, 0.3) is 16.6 Å². The van der Waals surface area contributed by atoms with E-state index in [0.717, 1.165) is 57.0 Å². The van der Waals surface area contributed by atoms with Crippen LogP contribution in [0.4, 0.5) is 5.82 Å². The van der Waals surface area contributed by atoms with Gasteiger partial charge in [-0.05, 0) is 49.3 Å². The second-order valence-corrected chi connectivity index (χ2v) is 10.7. The van der Waals surface area contributed by atoms with Gasteiger partial charge in [-0.1, -0.05) is 13.8 Å². The van der Waals surface area contributed by atoms with Crippen molar-refractivity contribution in [3.8, 4) is 5.69 Å². The number of nitrogens with two attached hydrogens (primary N) is 1. The van der Waals surface area contributed by atoms with Crippen LogP contribution < -0.4 is 11.1 Å². The third kappa shape index (κ3) is 3.85. The first-order chi connectivity index (χ1) is 14.8. The number of carbonyl (C=O) groups is 1. The van der Waals surface area contributed by atoms with Gasteiger partial charge in [0.05, 0.1) is 16.1 Å². The Balaban J connectivity index is 1.62. The van der Waals surface area contributed by atoms with E-state index in [-0.39, 0.29) is 11.2 Å². The molecule has 0 radical (unpaired) electrons. The molecule has 0 atom stereocenters. The molecule has 0 spiro atoms. The number of rotatable bonds is 6. The highest BCUT2D eigenvalue weighted by Gasteiger charge is 2.35. The van der Waals surface area contributed by atoms with Crippen LogP contribution >= 0.6 is 11.8 Å². The van der Waals surface area contributed by atoms with Crippen molar-refractivity contribution in [1.29, 1.82) is 0 Å². The second kappa shape index (κ2) is 7.64. The zero-order valence-electron chi connectivity index (χ0n) is 18.4. The number of aryl methyl sites for hydroxylation is 1. The third-order valence-electron chi connectivity index (χ3n) is 6.25. The lowest BCUT2D eigenvalue weighted by Gasteiger charge is -2.30. The zero-order valence-corrected chi connectivity index (χ0v) is 19.2. The van der Waals surface area contributed by atoms with Gasteiger partial charge in [0.25, 0.3) is 0 Å². The van der Waals surface area contributed by atoms with Crippen LogP contribution in [0.3, 0.4) is 0 Å². The zero-order chi connectivity index (χ0) is 21.8. The molecule has 0 amide bonds. The highest BCUT2D eigenvalue weighted by molar-refractivity contribution is 7.99. The van der Waals surface area contributed by atoms with E-state index < -0.39 is 0 Å². The SMILES string of the molecule is Cc1cn(-c2ccc3c(N)ncnc3c2SCCNC2CC2)c2c1C(=O)CC(C)(C)C2. The first-order valence-electron chi connectivity index (χ1n) is 11.0. The molecule has 3 aromatic rings. The summed E-state index contributed by atoms with van der Waals surface area (Å²) < 4.78 is 2.22. The molecule has 0 saturated heterocycles. The van der Waals surface area contributed by atoms with Crippen LogP contribution in [0.15, 0.2) is 29.6 Å². The van der Waals surface area contributed by atoms with Gasteiger partial charge in [-0.3, -0.25) is 4.79 Å². The van der Waals surface area contributed by atoms with Crippen LogP contribution in [0, 0.1) is 12.3 Å². The minimum absolute atomic E-state index is 0.0441. The summed E-state index contributed by atoms with van der Waals surface area (Å²) in [5, 5.41) is 4.46. The molecule has 6 nitrogen and oxygen atoms in total. The van der Waals surface area contributed by atoms with Gasteiger partial charge in [0.1, 0.15) is 12.1 Å². The number of anilines is 1. The molecule has 1 fully saturated rings. The van der Waals surface area contributed by atoms with E-state index in [4.69, 9.17) is 5.73 Å². The summed E-state index contributed by atoms with van der Waals surface area (Å²) in [5.41, 5.74) is 11.1. The van der Waals surface area contributed by atoms with E-state index in [9.17, 15) is 4.79 Å². The van der Waals surface area contributed by atoms with Crippen LogP contribution in [-0.4, -0.2) is 38.7 Å². The molecular weight excluding hydrogens is 406 g/mol. The lowest BCUT2D eigenvalue weighted by molar-refractivity contribution is 0.0910. The molecule has 2 aromatic heterocycles. The van der Waals surface area contributed by atoms with E-state index in [1.807, 2.05) is 13.0 Å². The van der Waals surface area contributed by atoms with E-state index in [1.165, 1.54) is 19.2 Å². The Labute approximate surface area is 187 Å². The topological polar surface area (TPSA) is 85.8 Å². The molecular formula is C24H29N5OS. The predicted molar refractivity (Wildman–Crippen MR) is 126 cm³/mol. The van der Waals surface area contributed by atoms with Gasteiger partial charge in [0.2, 0.25) is 0 Å². The standard InChI is InChI=1S/C24H29N5OS/c1-14-12-29(18-10-24(2,3)11-19(30)20(14)18)17-7-6-16-21(27-13-28-23(16)25)22(17)31-9-8-26-15-4-5-15/h6-7,12-13,15,26H,4-5,8-11H2,1-3H3,(H2,25,27,28). The van der Waals surface area contributed by atoms with Crippen LogP contribution in [0.2, 0.25) is 0 Å². The van der Waals surface area contributed by atoms with Gasteiger partial charge in [-0.25, -0.2) is 9.97 Å². The summed E-state index contributed by atoms with van der Waals surface area (Å²) in [4.78, 5) is 22.8. The maximum atomic E-state index is 12.9. The van der Waals surface area contributed by atoms with Gasteiger partial charge in [-0.15, -0.1) is 11.8 Å². The lowest BCUT2D eigenvalue weighted by atomic mass is 9.75. The maximum Gasteiger partial charge on any atom is 0.165 e. The van der Waals surface area contributed by atoms with Crippen LogP contribution in [0.1, 0.15) is 54.7 Å². The lowest BCUT2D eigenvalue weighted by Crippen LogP contribution is -2.28. The maximum absolute atomic E-state index is 12.9. The molecule has 31 heavy (non-hydrogen) atoms. The molecule has 2 aliphatic carbocycles. The van der Waals surface area contributed by atoms with Crippen molar-refractivity contribution in [3.63, 3.8) is 0 Å². The molecule has 1 saturated carbocycles. The van der Waals surface area contributed by atoms with E-state index in [2.05, 4.69) is 46.0 Å². The minimum atomic E-state index is -0.0441.